The number of hydrogen-bond acceptors (Lipinski definition) is 4. The number of rotatable bonds is 2. The fourth-order valence-electron chi connectivity index (χ4n) is 2.54. The highest BCUT2D eigenvalue weighted by molar-refractivity contribution is 5.78. The first-order chi connectivity index (χ1) is 8.46. The molecule has 0 aromatic carbocycles. The molecule has 0 aliphatic carbocycles. The molecule has 5 heteroatoms. The topological polar surface area (TPSA) is 47.0 Å². The van der Waals surface area contributed by atoms with Crippen LogP contribution in [0.2, 0.25) is 0 Å². The van der Waals surface area contributed by atoms with E-state index in [-0.39, 0.29) is 5.91 Å². The molecule has 1 N–H and O–H groups in total. The van der Waals surface area contributed by atoms with E-state index in [1.807, 2.05) is 11.8 Å². The Kier molecular flexibility index (Phi) is 4.25. The van der Waals surface area contributed by atoms with E-state index in [0.717, 1.165) is 52.1 Å². The molecular formula is C13H25N3O2. The van der Waals surface area contributed by atoms with Gasteiger partial charge in [-0.25, -0.2) is 0 Å². The summed E-state index contributed by atoms with van der Waals surface area (Å²) in [5, 5.41) is 9.88. The molecule has 2 rings (SSSR count). The fraction of sp³-hybridized carbons (Fsp3) is 0.923. The van der Waals surface area contributed by atoms with Crippen molar-refractivity contribution in [2.45, 2.75) is 25.4 Å². The summed E-state index contributed by atoms with van der Waals surface area (Å²) in [4.78, 5) is 18.5. The lowest BCUT2D eigenvalue weighted by Gasteiger charge is -2.37. The minimum atomic E-state index is -0.534. The molecule has 0 atom stereocenters. The highest BCUT2D eigenvalue weighted by Crippen LogP contribution is 2.20. The van der Waals surface area contributed by atoms with Gasteiger partial charge in [0.15, 0.2) is 0 Å². The standard InChI is InChI=1S/C13H25N3O2/c1-13(18)3-5-15(6-4-13)11-12(17)16-9-7-14(2)8-10-16/h18H,3-11H2,1-2H3. The molecule has 18 heavy (non-hydrogen) atoms. The Balaban J connectivity index is 1.75. The number of nitrogens with zero attached hydrogens (tertiary/aromatic N) is 3. The monoisotopic (exact) mass is 255 g/mol. The van der Waals surface area contributed by atoms with Gasteiger partial charge in [0, 0.05) is 39.3 Å². The molecule has 5 nitrogen and oxygen atoms in total. The minimum absolute atomic E-state index is 0.240. The normalized spacial score (nSPS) is 26.3. The van der Waals surface area contributed by atoms with Gasteiger partial charge in [-0.1, -0.05) is 0 Å². The lowest BCUT2D eigenvalue weighted by atomic mass is 9.94. The van der Waals surface area contributed by atoms with E-state index in [9.17, 15) is 9.90 Å². The number of likely N-dealkylation sites (tertiary alicyclic amines) is 1. The number of piperidine rings is 1. The lowest BCUT2D eigenvalue weighted by Crippen LogP contribution is -2.51. The Morgan fingerprint density at radius 3 is 2.22 bits per heavy atom. The Morgan fingerprint density at radius 2 is 1.67 bits per heavy atom. The zero-order valence-corrected chi connectivity index (χ0v) is 11.6. The van der Waals surface area contributed by atoms with Gasteiger partial charge in [-0.2, -0.15) is 0 Å². The van der Waals surface area contributed by atoms with Crippen molar-refractivity contribution in [3.8, 4) is 0 Å². The van der Waals surface area contributed by atoms with Crippen LogP contribution >= 0.6 is 0 Å². The van der Waals surface area contributed by atoms with Gasteiger partial charge in [-0.15, -0.1) is 0 Å². The van der Waals surface area contributed by atoms with Crippen LogP contribution in [0.3, 0.4) is 0 Å². The molecule has 0 aromatic heterocycles. The second-order valence-corrected chi connectivity index (χ2v) is 5.96. The third kappa shape index (κ3) is 3.67. The maximum absolute atomic E-state index is 12.1. The second-order valence-electron chi connectivity index (χ2n) is 5.96. The Labute approximate surface area is 109 Å². The Morgan fingerprint density at radius 1 is 1.11 bits per heavy atom. The average molecular weight is 255 g/mol. The molecule has 0 spiro atoms. The van der Waals surface area contributed by atoms with Crippen LogP contribution in [0.5, 0.6) is 0 Å². The largest absolute Gasteiger partial charge is 0.390 e. The molecular weight excluding hydrogens is 230 g/mol. The molecule has 2 aliphatic rings. The quantitative estimate of drug-likeness (QED) is 0.730. The maximum atomic E-state index is 12.1. The zero-order valence-electron chi connectivity index (χ0n) is 11.6. The first-order valence-corrected chi connectivity index (χ1v) is 6.87. The van der Waals surface area contributed by atoms with Crippen LogP contribution in [-0.4, -0.2) is 84.2 Å². The highest BCUT2D eigenvalue weighted by atomic mass is 16.3. The summed E-state index contributed by atoms with van der Waals surface area (Å²) in [5.41, 5.74) is -0.534. The van der Waals surface area contributed by atoms with Crippen molar-refractivity contribution < 1.29 is 9.90 Å². The first kappa shape index (κ1) is 13.8. The van der Waals surface area contributed by atoms with Gasteiger partial charge < -0.3 is 14.9 Å². The summed E-state index contributed by atoms with van der Waals surface area (Å²) >= 11 is 0. The Hall–Kier alpha value is -0.650. The van der Waals surface area contributed by atoms with Crippen LogP contribution in [0.1, 0.15) is 19.8 Å². The summed E-state index contributed by atoms with van der Waals surface area (Å²) in [6.07, 6.45) is 1.53. The van der Waals surface area contributed by atoms with E-state index in [1.54, 1.807) is 0 Å². The van der Waals surface area contributed by atoms with Crippen LogP contribution in [0, 0.1) is 0 Å². The number of amides is 1. The maximum Gasteiger partial charge on any atom is 0.236 e. The lowest BCUT2D eigenvalue weighted by molar-refractivity contribution is -0.135. The van der Waals surface area contributed by atoms with Gasteiger partial charge in [0.25, 0.3) is 0 Å². The van der Waals surface area contributed by atoms with Gasteiger partial charge in [-0.3, -0.25) is 9.69 Å². The summed E-state index contributed by atoms with van der Waals surface area (Å²) in [7, 11) is 2.09. The molecule has 104 valence electrons. The van der Waals surface area contributed by atoms with Crippen molar-refractivity contribution in [1.82, 2.24) is 14.7 Å². The number of likely N-dealkylation sites (N-methyl/N-ethyl adjacent to an activating group) is 1. The van der Waals surface area contributed by atoms with E-state index < -0.39 is 5.60 Å². The number of hydrogen-bond donors (Lipinski definition) is 1. The SMILES string of the molecule is CN1CCN(C(=O)CN2CCC(C)(O)CC2)CC1. The molecule has 2 heterocycles. The third-order valence-corrected chi connectivity index (χ3v) is 4.15. The van der Waals surface area contributed by atoms with Crippen LogP contribution in [0.4, 0.5) is 0 Å². The number of carbonyl (C=O) groups is 1. The smallest absolute Gasteiger partial charge is 0.236 e. The molecule has 2 aliphatic heterocycles. The fourth-order valence-corrected chi connectivity index (χ4v) is 2.54. The van der Waals surface area contributed by atoms with Crippen molar-refractivity contribution >= 4 is 5.91 Å². The van der Waals surface area contributed by atoms with Crippen LogP contribution in [0.25, 0.3) is 0 Å². The number of aliphatic hydroxyl groups is 1. The molecule has 0 radical (unpaired) electrons. The summed E-state index contributed by atoms with van der Waals surface area (Å²) in [6.45, 7) is 7.69. The van der Waals surface area contributed by atoms with Gasteiger partial charge in [-0.05, 0) is 26.8 Å². The van der Waals surface area contributed by atoms with Crippen molar-refractivity contribution in [3.63, 3.8) is 0 Å². The molecule has 0 bridgehead atoms. The summed E-state index contributed by atoms with van der Waals surface area (Å²) in [6, 6.07) is 0. The van der Waals surface area contributed by atoms with Crippen LogP contribution in [0.15, 0.2) is 0 Å². The first-order valence-electron chi connectivity index (χ1n) is 6.87. The van der Waals surface area contributed by atoms with E-state index in [4.69, 9.17) is 0 Å². The summed E-state index contributed by atoms with van der Waals surface area (Å²) < 4.78 is 0. The second kappa shape index (κ2) is 5.55. The molecule has 0 unspecified atom stereocenters. The van der Waals surface area contributed by atoms with E-state index in [2.05, 4.69) is 16.8 Å². The Bertz CT molecular complexity index is 289. The van der Waals surface area contributed by atoms with E-state index in [0.29, 0.717) is 6.54 Å². The average Bonchev–Trinajstić information content (AvgIpc) is 2.33. The van der Waals surface area contributed by atoms with Crippen LogP contribution < -0.4 is 0 Å². The van der Waals surface area contributed by atoms with Crippen molar-refractivity contribution in [3.05, 3.63) is 0 Å². The van der Waals surface area contributed by atoms with Crippen molar-refractivity contribution in [2.24, 2.45) is 0 Å². The van der Waals surface area contributed by atoms with Crippen LogP contribution in [-0.2, 0) is 4.79 Å². The van der Waals surface area contributed by atoms with Crippen molar-refractivity contribution in [2.75, 3.05) is 52.9 Å². The molecule has 2 saturated heterocycles. The van der Waals surface area contributed by atoms with E-state index >= 15 is 0 Å². The van der Waals surface area contributed by atoms with Gasteiger partial charge >= 0.3 is 0 Å². The molecule has 0 saturated carbocycles. The zero-order chi connectivity index (χ0) is 13.2. The van der Waals surface area contributed by atoms with Gasteiger partial charge in [0.2, 0.25) is 5.91 Å². The van der Waals surface area contributed by atoms with Gasteiger partial charge in [0.05, 0.1) is 12.1 Å². The number of piperazine rings is 1. The molecule has 0 aromatic rings. The van der Waals surface area contributed by atoms with E-state index in [1.165, 1.54) is 0 Å². The third-order valence-electron chi connectivity index (χ3n) is 4.15. The predicted octanol–water partition coefficient (Wildman–Crippen LogP) is -0.393. The minimum Gasteiger partial charge on any atom is -0.390 e. The molecule has 1 amide bonds. The van der Waals surface area contributed by atoms with Crippen molar-refractivity contribution in [1.29, 1.82) is 0 Å². The van der Waals surface area contributed by atoms with Gasteiger partial charge in [0.1, 0.15) is 0 Å². The molecule has 2 fully saturated rings. The highest BCUT2D eigenvalue weighted by Gasteiger charge is 2.29. The predicted molar refractivity (Wildman–Crippen MR) is 70.4 cm³/mol. The number of carbonyl (C=O) groups excluding carboxylic acids is 1. The summed E-state index contributed by atoms with van der Waals surface area (Å²) in [5.74, 6) is 0.240.